The van der Waals surface area contributed by atoms with Crippen molar-refractivity contribution in [2.45, 2.75) is 44.6 Å². The molecule has 3 N–H and O–H groups in total. The molecule has 0 radical (unpaired) electrons. The molecule has 144 valence electrons. The first-order chi connectivity index (χ1) is 11.3. The highest BCUT2D eigenvalue weighted by molar-refractivity contribution is 14.0. The van der Waals surface area contributed by atoms with E-state index in [1.165, 1.54) is 0 Å². The molecular weight excluding hydrogens is 451 g/mol. The van der Waals surface area contributed by atoms with E-state index >= 15 is 0 Å². The second kappa shape index (κ2) is 12.5. The van der Waals surface area contributed by atoms with Crippen molar-refractivity contribution in [2.75, 3.05) is 20.1 Å². The number of hydrogen-bond donors (Lipinski definition) is 3. The quantitative estimate of drug-likeness (QED) is 0.219. The molecule has 0 heterocycles. The topological polar surface area (TPSA) is 82.6 Å². The average Bonchev–Trinajstić information content (AvgIpc) is 2.56. The van der Waals surface area contributed by atoms with E-state index < -0.39 is 10.0 Å². The van der Waals surface area contributed by atoms with Crippen molar-refractivity contribution in [3.63, 3.8) is 0 Å². The van der Waals surface area contributed by atoms with Crippen molar-refractivity contribution in [3.8, 4) is 0 Å². The third kappa shape index (κ3) is 10.0. The van der Waals surface area contributed by atoms with Crippen LogP contribution < -0.4 is 15.4 Å². The molecule has 0 aliphatic carbocycles. The monoisotopic (exact) mass is 482 g/mol. The fraction of sp³-hybridized carbons (Fsp3) is 0.588. The standard InChI is InChI=1S/C17H30N4O2S.HI/c1-14(2)10-11-15(3)21-17(18-4)19-12-13-20-24(22,23)16-8-6-5-7-9-16;/h5-9,14-15,20H,10-13H2,1-4H3,(H2,18,19,21);1H. The minimum absolute atomic E-state index is 0. The van der Waals surface area contributed by atoms with Crippen LogP contribution in [0.15, 0.2) is 40.2 Å². The van der Waals surface area contributed by atoms with Gasteiger partial charge in [0.05, 0.1) is 4.90 Å². The Morgan fingerprint density at radius 2 is 1.72 bits per heavy atom. The smallest absolute Gasteiger partial charge is 0.240 e. The first kappa shape index (κ1) is 24.1. The van der Waals surface area contributed by atoms with Crippen LogP contribution >= 0.6 is 24.0 Å². The summed E-state index contributed by atoms with van der Waals surface area (Å²) < 4.78 is 26.8. The zero-order valence-corrected chi connectivity index (χ0v) is 18.6. The molecular formula is C17H31IN4O2S. The molecule has 1 aromatic rings. The van der Waals surface area contributed by atoms with Gasteiger partial charge >= 0.3 is 0 Å². The molecule has 8 heteroatoms. The van der Waals surface area contributed by atoms with Crippen molar-refractivity contribution >= 4 is 40.0 Å². The van der Waals surface area contributed by atoms with Gasteiger partial charge in [-0.1, -0.05) is 32.0 Å². The third-order valence-electron chi connectivity index (χ3n) is 3.55. The van der Waals surface area contributed by atoms with E-state index in [-0.39, 0.29) is 35.4 Å². The van der Waals surface area contributed by atoms with Gasteiger partial charge in [-0.25, -0.2) is 13.1 Å². The molecule has 0 spiro atoms. The molecule has 1 aromatic carbocycles. The Labute approximate surface area is 169 Å². The van der Waals surface area contributed by atoms with Crippen LogP contribution in [0.2, 0.25) is 0 Å². The summed E-state index contributed by atoms with van der Waals surface area (Å²) in [4.78, 5) is 4.44. The van der Waals surface area contributed by atoms with Crippen LogP contribution in [0.25, 0.3) is 0 Å². The van der Waals surface area contributed by atoms with Crippen LogP contribution in [-0.2, 0) is 10.0 Å². The number of hydrogen-bond acceptors (Lipinski definition) is 3. The van der Waals surface area contributed by atoms with Gasteiger partial charge in [-0.15, -0.1) is 24.0 Å². The highest BCUT2D eigenvalue weighted by Gasteiger charge is 2.12. The van der Waals surface area contributed by atoms with Gasteiger partial charge in [0.15, 0.2) is 5.96 Å². The lowest BCUT2D eigenvalue weighted by Crippen LogP contribution is -2.44. The number of nitrogens with zero attached hydrogens (tertiary/aromatic N) is 1. The van der Waals surface area contributed by atoms with Crippen LogP contribution in [0, 0.1) is 5.92 Å². The summed E-state index contributed by atoms with van der Waals surface area (Å²) in [6, 6.07) is 8.67. The minimum Gasteiger partial charge on any atom is -0.355 e. The number of rotatable bonds is 9. The zero-order chi connectivity index (χ0) is 18.0. The summed E-state index contributed by atoms with van der Waals surface area (Å²) >= 11 is 0. The average molecular weight is 482 g/mol. The van der Waals surface area contributed by atoms with E-state index in [9.17, 15) is 8.42 Å². The van der Waals surface area contributed by atoms with Crippen molar-refractivity contribution < 1.29 is 8.42 Å². The van der Waals surface area contributed by atoms with Crippen molar-refractivity contribution in [2.24, 2.45) is 10.9 Å². The maximum Gasteiger partial charge on any atom is 0.240 e. The first-order valence-electron chi connectivity index (χ1n) is 8.37. The third-order valence-corrected chi connectivity index (χ3v) is 5.02. The van der Waals surface area contributed by atoms with Gasteiger partial charge in [-0.05, 0) is 37.8 Å². The molecule has 0 saturated heterocycles. The summed E-state index contributed by atoms with van der Waals surface area (Å²) in [6.45, 7) is 7.28. The largest absolute Gasteiger partial charge is 0.355 e. The number of guanidine groups is 1. The lowest BCUT2D eigenvalue weighted by molar-refractivity contribution is 0.489. The highest BCUT2D eigenvalue weighted by Crippen LogP contribution is 2.07. The number of aliphatic imine (C=N–C) groups is 1. The molecule has 0 aliphatic rings. The van der Waals surface area contributed by atoms with Gasteiger partial charge in [0, 0.05) is 26.2 Å². The van der Waals surface area contributed by atoms with Gasteiger partial charge in [0.25, 0.3) is 0 Å². The summed E-state index contributed by atoms with van der Waals surface area (Å²) in [5.41, 5.74) is 0. The van der Waals surface area contributed by atoms with Gasteiger partial charge in [-0.3, -0.25) is 4.99 Å². The van der Waals surface area contributed by atoms with E-state index in [1.54, 1.807) is 37.4 Å². The summed E-state index contributed by atoms with van der Waals surface area (Å²) in [6.07, 6.45) is 2.22. The maximum absolute atomic E-state index is 12.1. The van der Waals surface area contributed by atoms with E-state index in [0.717, 1.165) is 12.8 Å². The van der Waals surface area contributed by atoms with E-state index in [1.807, 2.05) is 0 Å². The number of benzene rings is 1. The molecule has 6 nitrogen and oxygen atoms in total. The van der Waals surface area contributed by atoms with Crippen molar-refractivity contribution in [1.82, 2.24) is 15.4 Å². The van der Waals surface area contributed by atoms with Gasteiger partial charge in [0.2, 0.25) is 10.0 Å². The normalized spacial score (nSPS) is 13.2. The molecule has 1 rings (SSSR count). The summed E-state index contributed by atoms with van der Waals surface area (Å²) in [5.74, 6) is 1.36. The highest BCUT2D eigenvalue weighted by atomic mass is 127. The fourth-order valence-corrected chi connectivity index (χ4v) is 3.19. The molecule has 0 aromatic heterocycles. The second-order valence-electron chi connectivity index (χ2n) is 6.23. The van der Waals surface area contributed by atoms with Crippen LogP contribution in [0.1, 0.15) is 33.6 Å². The van der Waals surface area contributed by atoms with Gasteiger partial charge < -0.3 is 10.6 Å². The van der Waals surface area contributed by atoms with E-state index in [4.69, 9.17) is 0 Å². The van der Waals surface area contributed by atoms with E-state index in [2.05, 4.69) is 41.1 Å². The predicted octanol–water partition coefficient (Wildman–Crippen LogP) is 2.57. The Balaban J connectivity index is 0.00000576. The minimum atomic E-state index is -3.46. The summed E-state index contributed by atoms with van der Waals surface area (Å²) in [7, 11) is -1.75. The fourth-order valence-electron chi connectivity index (χ4n) is 2.13. The molecule has 0 amide bonds. The van der Waals surface area contributed by atoms with Crippen molar-refractivity contribution in [3.05, 3.63) is 30.3 Å². The lowest BCUT2D eigenvalue weighted by atomic mass is 10.0. The summed E-state index contributed by atoms with van der Waals surface area (Å²) in [5, 5.41) is 6.44. The van der Waals surface area contributed by atoms with Crippen LogP contribution in [-0.4, -0.2) is 40.6 Å². The molecule has 0 fully saturated rings. The second-order valence-corrected chi connectivity index (χ2v) is 7.99. The maximum atomic E-state index is 12.1. The van der Waals surface area contributed by atoms with Crippen LogP contribution in [0.3, 0.4) is 0 Å². The molecule has 1 atom stereocenters. The predicted molar refractivity (Wildman–Crippen MR) is 115 cm³/mol. The van der Waals surface area contributed by atoms with Crippen LogP contribution in [0.4, 0.5) is 0 Å². The van der Waals surface area contributed by atoms with Gasteiger partial charge in [0.1, 0.15) is 0 Å². The Bertz CT molecular complexity index is 606. The molecule has 0 saturated carbocycles. The Kier molecular flexibility index (Phi) is 12.0. The zero-order valence-electron chi connectivity index (χ0n) is 15.5. The molecule has 1 unspecified atom stereocenters. The first-order valence-corrected chi connectivity index (χ1v) is 9.85. The molecule has 0 bridgehead atoms. The Morgan fingerprint density at radius 3 is 2.28 bits per heavy atom. The number of nitrogens with one attached hydrogen (secondary N) is 3. The number of sulfonamides is 1. The molecule has 0 aliphatic heterocycles. The number of halogens is 1. The van der Waals surface area contributed by atoms with Crippen LogP contribution in [0.5, 0.6) is 0 Å². The van der Waals surface area contributed by atoms with E-state index in [0.29, 0.717) is 24.5 Å². The lowest BCUT2D eigenvalue weighted by Gasteiger charge is -2.18. The molecule has 25 heavy (non-hydrogen) atoms. The van der Waals surface area contributed by atoms with Crippen molar-refractivity contribution in [1.29, 1.82) is 0 Å². The SMILES string of the molecule is CN=C(NCCNS(=O)(=O)c1ccccc1)NC(C)CCC(C)C.I. The Hall–Kier alpha value is -0.870. The van der Waals surface area contributed by atoms with Gasteiger partial charge in [-0.2, -0.15) is 0 Å². The Morgan fingerprint density at radius 1 is 1.08 bits per heavy atom.